The number of nitrogens with one attached hydrogen (secondary N) is 2. The Morgan fingerprint density at radius 3 is 3.18 bits per heavy atom. The lowest BCUT2D eigenvalue weighted by Gasteiger charge is -2.03. The summed E-state index contributed by atoms with van der Waals surface area (Å²) in [6.07, 6.45) is 3.72. The molecule has 2 aromatic rings. The van der Waals surface area contributed by atoms with Crippen molar-refractivity contribution in [1.82, 2.24) is 20.2 Å². The normalized spacial score (nSPS) is 10.6. The molecule has 0 aliphatic rings. The number of carbonyl (C=O) groups excluding carboxylic acids is 1. The molecule has 0 radical (unpaired) electrons. The summed E-state index contributed by atoms with van der Waals surface area (Å²) in [7, 11) is 0. The van der Waals surface area contributed by atoms with Crippen LogP contribution in [0.25, 0.3) is 5.52 Å². The van der Waals surface area contributed by atoms with E-state index < -0.39 is 0 Å². The van der Waals surface area contributed by atoms with Crippen LogP contribution in [0.4, 0.5) is 0 Å². The van der Waals surface area contributed by atoms with Crippen LogP contribution in [-0.4, -0.2) is 28.6 Å². The zero-order chi connectivity index (χ0) is 12.1. The van der Waals surface area contributed by atoms with Crippen LogP contribution in [0.5, 0.6) is 0 Å². The molecule has 17 heavy (non-hydrogen) atoms. The third-order valence-electron chi connectivity index (χ3n) is 2.48. The number of aromatic nitrogens is 2. The minimum atomic E-state index is 0.0176. The number of likely N-dealkylation sites (N-methyl/N-ethyl adjacent to an activating group) is 1. The molecule has 0 atom stereocenters. The summed E-state index contributed by atoms with van der Waals surface area (Å²) in [5.41, 5.74) is 2.16. The van der Waals surface area contributed by atoms with E-state index in [4.69, 9.17) is 0 Å². The fourth-order valence-electron chi connectivity index (χ4n) is 1.69. The summed E-state index contributed by atoms with van der Waals surface area (Å²) in [6, 6.07) is 5.92. The van der Waals surface area contributed by atoms with E-state index in [2.05, 4.69) is 15.7 Å². The van der Waals surface area contributed by atoms with Gasteiger partial charge in [-0.05, 0) is 19.1 Å². The summed E-state index contributed by atoms with van der Waals surface area (Å²) in [6.45, 7) is 3.54. The maximum absolute atomic E-state index is 11.2. The molecule has 0 unspecified atom stereocenters. The number of hydrogen-bond acceptors (Lipinski definition) is 3. The number of pyridine rings is 1. The first-order valence-corrected chi connectivity index (χ1v) is 5.70. The Kier molecular flexibility index (Phi) is 3.72. The predicted octanol–water partition coefficient (Wildman–Crippen LogP) is 0.560. The van der Waals surface area contributed by atoms with Crippen LogP contribution in [0.15, 0.2) is 30.6 Å². The van der Waals surface area contributed by atoms with Crippen LogP contribution in [0.3, 0.4) is 0 Å². The first-order valence-electron chi connectivity index (χ1n) is 5.70. The Morgan fingerprint density at radius 1 is 1.47 bits per heavy atom. The average Bonchev–Trinajstić information content (AvgIpc) is 2.73. The highest BCUT2D eigenvalue weighted by Crippen LogP contribution is 2.08. The van der Waals surface area contributed by atoms with Crippen LogP contribution in [0, 0.1) is 0 Å². The summed E-state index contributed by atoms with van der Waals surface area (Å²) in [5, 5.41) is 10.1. The van der Waals surface area contributed by atoms with Gasteiger partial charge in [-0.3, -0.25) is 4.79 Å². The van der Waals surface area contributed by atoms with Crippen molar-refractivity contribution < 1.29 is 4.79 Å². The molecule has 2 rings (SSSR count). The maximum Gasteiger partial charge on any atom is 0.233 e. The lowest BCUT2D eigenvalue weighted by molar-refractivity contribution is -0.120. The SMILES string of the molecule is CCNC(=O)CNCc1cnn2ccccc12. The number of rotatable bonds is 5. The van der Waals surface area contributed by atoms with Crippen molar-refractivity contribution in [2.45, 2.75) is 13.5 Å². The molecule has 0 aliphatic heterocycles. The lowest BCUT2D eigenvalue weighted by Crippen LogP contribution is -2.33. The van der Waals surface area contributed by atoms with E-state index in [-0.39, 0.29) is 5.91 Å². The van der Waals surface area contributed by atoms with Gasteiger partial charge in [0.2, 0.25) is 5.91 Å². The van der Waals surface area contributed by atoms with Crippen molar-refractivity contribution in [3.8, 4) is 0 Å². The van der Waals surface area contributed by atoms with Crippen molar-refractivity contribution >= 4 is 11.4 Å². The van der Waals surface area contributed by atoms with Gasteiger partial charge in [0.25, 0.3) is 0 Å². The molecule has 0 fully saturated rings. The van der Waals surface area contributed by atoms with Crippen LogP contribution in [0.1, 0.15) is 12.5 Å². The smallest absolute Gasteiger partial charge is 0.233 e. The van der Waals surface area contributed by atoms with Gasteiger partial charge in [0.1, 0.15) is 0 Å². The minimum absolute atomic E-state index is 0.0176. The molecular weight excluding hydrogens is 216 g/mol. The van der Waals surface area contributed by atoms with Gasteiger partial charge >= 0.3 is 0 Å². The molecule has 2 aromatic heterocycles. The van der Waals surface area contributed by atoms with E-state index in [0.29, 0.717) is 19.6 Å². The number of amides is 1. The van der Waals surface area contributed by atoms with Gasteiger partial charge in [0.05, 0.1) is 18.3 Å². The minimum Gasteiger partial charge on any atom is -0.355 e. The molecule has 5 nitrogen and oxygen atoms in total. The fraction of sp³-hybridized carbons (Fsp3) is 0.333. The molecule has 0 saturated heterocycles. The van der Waals surface area contributed by atoms with Gasteiger partial charge in [-0.2, -0.15) is 5.10 Å². The van der Waals surface area contributed by atoms with E-state index in [1.54, 1.807) is 0 Å². The molecule has 2 heterocycles. The molecule has 5 heteroatoms. The third-order valence-corrected chi connectivity index (χ3v) is 2.48. The second-order valence-corrected chi connectivity index (χ2v) is 3.76. The van der Waals surface area contributed by atoms with Gasteiger partial charge in [0, 0.05) is 24.8 Å². The van der Waals surface area contributed by atoms with E-state index in [1.807, 2.05) is 42.0 Å². The predicted molar refractivity (Wildman–Crippen MR) is 65.6 cm³/mol. The molecular formula is C12H16N4O. The second-order valence-electron chi connectivity index (χ2n) is 3.76. The fourth-order valence-corrected chi connectivity index (χ4v) is 1.69. The number of fused-ring (bicyclic) bond motifs is 1. The summed E-state index contributed by atoms with van der Waals surface area (Å²) >= 11 is 0. The van der Waals surface area contributed by atoms with Crippen LogP contribution in [-0.2, 0) is 11.3 Å². The molecule has 2 N–H and O–H groups in total. The van der Waals surface area contributed by atoms with E-state index in [1.165, 1.54) is 0 Å². The van der Waals surface area contributed by atoms with Gasteiger partial charge in [-0.15, -0.1) is 0 Å². The van der Waals surface area contributed by atoms with Crippen molar-refractivity contribution in [2.24, 2.45) is 0 Å². The molecule has 0 spiro atoms. The number of hydrogen-bond donors (Lipinski definition) is 2. The summed E-state index contributed by atoms with van der Waals surface area (Å²) in [4.78, 5) is 11.2. The van der Waals surface area contributed by atoms with Gasteiger partial charge in [0.15, 0.2) is 0 Å². The maximum atomic E-state index is 11.2. The quantitative estimate of drug-likeness (QED) is 0.792. The Balaban J connectivity index is 1.93. The van der Waals surface area contributed by atoms with Gasteiger partial charge in [-0.25, -0.2) is 4.52 Å². The van der Waals surface area contributed by atoms with Gasteiger partial charge < -0.3 is 10.6 Å². The Bertz CT molecular complexity index is 506. The Morgan fingerprint density at radius 2 is 2.35 bits per heavy atom. The second kappa shape index (κ2) is 5.45. The third kappa shape index (κ3) is 2.82. The molecule has 1 amide bonds. The Labute approximate surface area is 99.8 Å². The average molecular weight is 232 g/mol. The summed E-state index contributed by atoms with van der Waals surface area (Å²) < 4.78 is 1.82. The monoisotopic (exact) mass is 232 g/mol. The lowest BCUT2D eigenvalue weighted by atomic mass is 10.2. The van der Waals surface area contributed by atoms with E-state index in [0.717, 1.165) is 11.1 Å². The number of carbonyl (C=O) groups is 1. The van der Waals surface area contributed by atoms with E-state index in [9.17, 15) is 4.79 Å². The first kappa shape index (κ1) is 11.6. The summed E-state index contributed by atoms with van der Waals surface area (Å²) in [5.74, 6) is 0.0176. The van der Waals surface area contributed by atoms with Gasteiger partial charge in [-0.1, -0.05) is 6.07 Å². The molecule has 0 aliphatic carbocycles. The first-order chi connectivity index (χ1) is 8.31. The highest BCUT2D eigenvalue weighted by Gasteiger charge is 2.03. The van der Waals surface area contributed by atoms with E-state index >= 15 is 0 Å². The highest BCUT2D eigenvalue weighted by molar-refractivity contribution is 5.77. The van der Waals surface area contributed by atoms with Crippen molar-refractivity contribution in [2.75, 3.05) is 13.1 Å². The largest absolute Gasteiger partial charge is 0.355 e. The van der Waals surface area contributed by atoms with Crippen LogP contribution >= 0.6 is 0 Å². The molecule has 0 aromatic carbocycles. The molecule has 0 saturated carbocycles. The highest BCUT2D eigenvalue weighted by atomic mass is 16.1. The zero-order valence-electron chi connectivity index (χ0n) is 9.81. The van der Waals surface area contributed by atoms with Crippen molar-refractivity contribution in [3.63, 3.8) is 0 Å². The van der Waals surface area contributed by atoms with Crippen LogP contribution < -0.4 is 10.6 Å². The molecule has 0 bridgehead atoms. The Hall–Kier alpha value is -1.88. The molecule has 90 valence electrons. The topological polar surface area (TPSA) is 58.4 Å². The standard InChI is InChI=1S/C12H16N4O/c1-2-14-12(17)9-13-7-10-8-15-16-6-4-3-5-11(10)16/h3-6,8,13H,2,7,9H2,1H3,(H,14,17). The van der Waals surface area contributed by atoms with Crippen molar-refractivity contribution in [1.29, 1.82) is 0 Å². The van der Waals surface area contributed by atoms with Crippen LogP contribution in [0.2, 0.25) is 0 Å². The number of nitrogens with zero attached hydrogens (tertiary/aromatic N) is 2. The zero-order valence-corrected chi connectivity index (χ0v) is 9.81. The van der Waals surface area contributed by atoms with Crippen molar-refractivity contribution in [3.05, 3.63) is 36.2 Å².